The minimum atomic E-state index is -0.869. The molecule has 0 aliphatic rings. The molecule has 1 N–H and O–H groups in total. The summed E-state index contributed by atoms with van der Waals surface area (Å²) in [4.78, 5) is 11.3. The Morgan fingerprint density at radius 1 is 1.50 bits per heavy atom. The van der Waals surface area contributed by atoms with E-state index in [-0.39, 0.29) is 0 Å². The van der Waals surface area contributed by atoms with Crippen LogP contribution in [0.4, 0.5) is 0 Å². The number of carboxylic acid groups (broad SMARTS) is 1. The Balaban J connectivity index is 2.87. The lowest BCUT2D eigenvalue weighted by molar-refractivity contribution is -0.136. The summed E-state index contributed by atoms with van der Waals surface area (Å²) in [6.07, 6.45) is 0. The molecule has 2 nitrogen and oxygen atoms in total. The first kappa shape index (κ1) is 11.7. The zero-order chi connectivity index (χ0) is 10.7. The number of benzene rings is 1. The van der Waals surface area contributed by atoms with Crippen LogP contribution in [0, 0.1) is 0 Å². The molecule has 0 aromatic heterocycles. The number of halogens is 2. The number of thioether (sulfide) groups is 1. The van der Waals surface area contributed by atoms with Gasteiger partial charge in [0, 0.05) is 4.90 Å². The van der Waals surface area contributed by atoms with Gasteiger partial charge in [0.25, 0.3) is 0 Å². The van der Waals surface area contributed by atoms with Crippen LogP contribution in [0.5, 0.6) is 0 Å². The summed E-state index contributed by atoms with van der Waals surface area (Å²) in [6, 6.07) is 5.16. The van der Waals surface area contributed by atoms with E-state index in [1.807, 2.05) is 0 Å². The monoisotopic (exact) mass is 250 g/mol. The number of hydrogen-bond donors (Lipinski definition) is 1. The molecule has 1 aromatic carbocycles. The van der Waals surface area contributed by atoms with Crippen LogP contribution < -0.4 is 0 Å². The molecule has 1 atom stereocenters. The molecule has 1 unspecified atom stereocenters. The predicted octanol–water partition coefficient (Wildman–Crippen LogP) is 3.56. The molecule has 0 saturated carbocycles. The van der Waals surface area contributed by atoms with Gasteiger partial charge in [-0.25, -0.2) is 0 Å². The van der Waals surface area contributed by atoms with Crippen molar-refractivity contribution < 1.29 is 9.90 Å². The zero-order valence-electron chi connectivity index (χ0n) is 7.33. The molecule has 1 rings (SSSR count). The highest BCUT2D eigenvalue weighted by atomic mass is 35.5. The molecule has 0 aliphatic heterocycles. The second-order valence-electron chi connectivity index (χ2n) is 2.65. The summed E-state index contributed by atoms with van der Waals surface area (Å²) < 4.78 is 0. The van der Waals surface area contributed by atoms with Crippen molar-refractivity contribution >= 4 is 40.9 Å². The Morgan fingerprint density at radius 2 is 2.14 bits per heavy atom. The van der Waals surface area contributed by atoms with Crippen molar-refractivity contribution in [3.8, 4) is 0 Å². The third kappa shape index (κ3) is 2.80. The molecule has 0 fully saturated rings. The van der Waals surface area contributed by atoms with Gasteiger partial charge in [-0.2, -0.15) is 0 Å². The molecule has 5 heteroatoms. The van der Waals surface area contributed by atoms with Crippen LogP contribution in [-0.2, 0) is 4.79 Å². The van der Waals surface area contributed by atoms with E-state index in [0.29, 0.717) is 14.9 Å². The highest BCUT2D eigenvalue weighted by Gasteiger charge is 2.15. The van der Waals surface area contributed by atoms with Gasteiger partial charge in [-0.1, -0.05) is 29.3 Å². The normalized spacial score (nSPS) is 12.5. The number of carbonyl (C=O) groups is 1. The molecule has 14 heavy (non-hydrogen) atoms. The third-order valence-corrected chi connectivity index (χ3v) is 3.65. The lowest BCUT2D eigenvalue weighted by atomic mass is 10.4. The Morgan fingerprint density at radius 3 is 2.71 bits per heavy atom. The van der Waals surface area contributed by atoms with E-state index in [9.17, 15) is 4.79 Å². The lowest BCUT2D eigenvalue weighted by Gasteiger charge is -2.08. The fourth-order valence-corrected chi connectivity index (χ4v) is 2.16. The molecular formula is C9H8Cl2O2S. The zero-order valence-corrected chi connectivity index (χ0v) is 9.66. The maximum atomic E-state index is 10.6. The van der Waals surface area contributed by atoms with Gasteiger partial charge in [-0.05, 0) is 19.1 Å². The highest BCUT2D eigenvalue weighted by molar-refractivity contribution is 8.00. The average molecular weight is 251 g/mol. The molecule has 0 heterocycles. The fourth-order valence-electron chi connectivity index (χ4n) is 0.816. The minimum absolute atomic E-state index is 0.410. The third-order valence-electron chi connectivity index (χ3n) is 1.57. The van der Waals surface area contributed by atoms with Crippen LogP contribution in [0.15, 0.2) is 23.1 Å². The summed E-state index contributed by atoms with van der Waals surface area (Å²) in [6.45, 7) is 1.60. The van der Waals surface area contributed by atoms with Crippen LogP contribution >= 0.6 is 35.0 Å². The summed E-state index contributed by atoms with van der Waals surface area (Å²) >= 11 is 12.9. The predicted molar refractivity (Wildman–Crippen MR) is 59.4 cm³/mol. The van der Waals surface area contributed by atoms with Crippen molar-refractivity contribution in [2.75, 3.05) is 0 Å². The Kier molecular flexibility index (Phi) is 4.11. The van der Waals surface area contributed by atoms with E-state index >= 15 is 0 Å². The summed E-state index contributed by atoms with van der Waals surface area (Å²) in [5.41, 5.74) is 0. The molecular weight excluding hydrogens is 243 g/mol. The van der Waals surface area contributed by atoms with Gasteiger partial charge >= 0.3 is 5.97 Å². The van der Waals surface area contributed by atoms with Crippen molar-refractivity contribution in [2.24, 2.45) is 0 Å². The Hall–Kier alpha value is -0.380. The second kappa shape index (κ2) is 4.91. The highest BCUT2D eigenvalue weighted by Crippen LogP contribution is 2.34. The van der Waals surface area contributed by atoms with E-state index in [1.54, 1.807) is 25.1 Å². The first-order valence-corrected chi connectivity index (χ1v) is 5.49. The van der Waals surface area contributed by atoms with Gasteiger partial charge in [0.1, 0.15) is 5.25 Å². The Labute approximate surface area is 96.2 Å². The maximum Gasteiger partial charge on any atom is 0.316 e. The number of aliphatic carboxylic acids is 1. The molecule has 0 saturated heterocycles. The lowest BCUT2D eigenvalue weighted by Crippen LogP contribution is -2.11. The van der Waals surface area contributed by atoms with Crippen LogP contribution in [0.25, 0.3) is 0 Å². The Bertz CT molecular complexity index is 355. The van der Waals surface area contributed by atoms with Crippen molar-refractivity contribution in [1.82, 2.24) is 0 Å². The standard InChI is InChI=1S/C9H8Cl2O2S/c1-5(9(12)13)14-7-4-2-3-6(10)8(7)11/h2-5H,1H3,(H,12,13). The second-order valence-corrected chi connectivity index (χ2v) is 4.82. The quantitative estimate of drug-likeness (QED) is 0.834. The first-order chi connectivity index (χ1) is 6.52. The van der Waals surface area contributed by atoms with E-state index in [4.69, 9.17) is 28.3 Å². The van der Waals surface area contributed by atoms with Gasteiger partial charge < -0.3 is 5.11 Å². The maximum absolute atomic E-state index is 10.6. The van der Waals surface area contributed by atoms with E-state index in [1.165, 1.54) is 11.8 Å². The van der Waals surface area contributed by atoms with Crippen molar-refractivity contribution in [2.45, 2.75) is 17.1 Å². The smallest absolute Gasteiger partial charge is 0.316 e. The number of rotatable bonds is 3. The van der Waals surface area contributed by atoms with Crippen molar-refractivity contribution in [3.63, 3.8) is 0 Å². The number of carboxylic acids is 1. The average Bonchev–Trinajstić information content (AvgIpc) is 2.12. The molecule has 0 amide bonds. The van der Waals surface area contributed by atoms with Crippen LogP contribution in [0.3, 0.4) is 0 Å². The molecule has 76 valence electrons. The van der Waals surface area contributed by atoms with E-state index in [0.717, 1.165) is 0 Å². The molecule has 1 aromatic rings. The van der Waals surface area contributed by atoms with E-state index in [2.05, 4.69) is 0 Å². The topological polar surface area (TPSA) is 37.3 Å². The first-order valence-electron chi connectivity index (χ1n) is 3.86. The van der Waals surface area contributed by atoms with Gasteiger partial charge in [-0.15, -0.1) is 11.8 Å². The molecule has 0 bridgehead atoms. The van der Waals surface area contributed by atoms with Crippen LogP contribution in [0.2, 0.25) is 10.0 Å². The summed E-state index contributed by atoms with van der Waals surface area (Å²) in [5.74, 6) is -0.869. The van der Waals surface area contributed by atoms with Crippen LogP contribution in [-0.4, -0.2) is 16.3 Å². The van der Waals surface area contributed by atoms with Gasteiger partial charge in [-0.3, -0.25) is 4.79 Å². The largest absolute Gasteiger partial charge is 0.480 e. The SMILES string of the molecule is CC(Sc1cccc(Cl)c1Cl)C(=O)O. The van der Waals surface area contributed by atoms with E-state index < -0.39 is 11.2 Å². The van der Waals surface area contributed by atoms with Crippen LogP contribution in [0.1, 0.15) is 6.92 Å². The van der Waals surface area contributed by atoms with Gasteiger partial charge in [0.15, 0.2) is 0 Å². The van der Waals surface area contributed by atoms with Crippen molar-refractivity contribution in [1.29, 1.82) is 0 Å². The fraction of sp³-hybridized carbons (Fsp3) is 0.222. The minimum Gasteiger partial charge on any atom is -0.480 e. The summed E-state index contributed by atoms with van der Waals surface area (Å²) in [5, 5.41) is 9.02. The van der Waals surface area contributed by atoms with Crippen molar-refractivity contribution in [3.05, 3.63) is 28.2 Å². The van der Waals surface area contributed by atoms with Gasteiger partial charge in [0.2, 0.25) is 0 Å². The molecule has 0 aliphatic carbocycles. The molecule has 0 radical (unpaired) electrons. The number of hydrogen-bond acceptors (Lipinski definition) is 2. The van der Waals surface area contributed by atoms with Gasteiger partial charge in [0.05, 0.1) is 10.0 Å². The molecule has 0 spiro atoms. The summed E-state index contributed by atoms with van der Waals surface area (Å²) in [7, 11) is 0.